The van der Waals surface area contributed by atoms with Crippen LogP contribution >= 0.6 is 0 Å². The lowest BCUT2D eigenvalue weighted by Gasteiger charge is -2.10. The number of nitrogens with one attached hydrogen (secondary N) is 1. The van der Waals surface area contributed by atoms with E-state index < -0.39 is 0 Å². The fourth-order valence-corrected chi connectivity index (χ4v) is 3.82. The van der Waals surface area contributed by atoms with Crippen molar-refractivity contribution in [1.82, 2.24) is 9.78 Å². The molecule has 0 unspecified atom stereocenters. The smallest absolute Gasteiger partial charge is 0.276 e. The fourth-order valence-electron chi connectivity index (χ4n) is 3.82. The molecule has 0 saturated carbocycles. The van der Waals surface area contributed by atoms with Crippen LogP contribution in [-0.2, 0) is 0 Å². The van der Waals surface area contributed by atoms with Crippen molar-refractivity contribution in [3.63, 3.8) is 0 Å². The first-order valence-corrected chi connectivity index (χ1v) is 10.2. The largest absolute Gasteiger partial charge is 0.321 e. The molecule has 4 aromatic carbocycles. The van der Waals surface area contributed by atoms with Crippen LogP contribution in [0.2, 0.25) is 0 Å². The number of hydrogen-bond acceptors (Lipinski definition) is 2. The van der Waals surface area contributed by atoms with Crippen molar-refractivity contribution in [3.8, 4) is 16.9 Å². The highest BCUT2D eigenvalue weighted by atomic mass is 16.1. The molecule has 5 rings (SSSR count). The lowest BCUT2D eigenvalue weighted by atomic mass is 10.0. The average molecular weight is 403 g/mol. The summed E-state index contributed by atoms with van der Waals surface area (Å²) in [7, 11) is 0. The summed E-state index contributed by atoms with van der Waals surface area (Å²) in [6.45, 7) is 2.00. The Morgan fingerprint density at radius 2 is 1.55 bits per heavy atom. The number of amides is 1. The van der Waals surface area contributed by atoms with Crippen LogP contribution < -0.4 is 5.32 Å². The van der Waals surface area contributed by atoms with Crippen LogP contribution in [0.3, 0.4) is 0 Å². The van der Waals surface area contributed by atoms with Gasteiger partial charge in [-0.15, -0.1) is 0 Å². The van der Waals surface area contributed by atoms with Gasteiger partial charge < -0.3 is 5.32 Å². The number of aryl methyl sites for hydroxylation is 1. The van der Waals surface area contributed by atoms with Gasteiger partial charge in [0.1, 0.15) is 0 Å². The Labute approximate surface area is 180 Å². The summed E-state index contributed by atoms with van der Waals surface area (Å²) in [4.78, 5) is 13.0. The minimum absolute atomic E-state index is 0.234. The maximum absolute atomic E-state index is 13.0. The number of para-hydroxylation sites is 1. The number of hydrogen-bond donors (Lipinski definition) is 1. The quantitative estimate of drug-likeness (QED) is 0.385. The second-order valence-electron chi connectivity index (χ2n) is 7.51. The molecule has 31 heavy (non-hydrogen) atoms. The van der Waals surface area contributed by atoms with E-state index in [9.17, 15) is 4.79 Å². The third-order valence-corrected chi connectivity index (χ3v) is 5.28. The molecular formula is C27H21N3O. The Bertz CT molecular complexity index is 1380. The molecule has 0 saturated heterocycles. The molecule has 0 atom stereocenters. The van der Waals surface area contributed by atoms with Gasteiger partial charge in [0, 0.05) is 11.3 Å². The number of carbonyl (C=O) groups is 1. The fraction of sp³-hybridized carbons (Fsp3) is 0.0370. The van der Waals surface area contributed by atoms with Crippen LogP contribution in [-0.4, -0.2) is 15.7 Å². The summed E-state index contributed by atoms with van der Waals surface area (Å²) >= 11 is 0. The second kappa shape index (κ2) is 7.92. The average Bonchev–Trinajstić information content (AvgIpc) is 3.25. The highest BCUT2D eigenvalue weighted by Crippen LogP contribution is 2.31. The number of aromatic nitrogens is 2. The number of fused-ring (bicyclic) bond motifs is 1. The monoisotopic (exact) mass is 403 g/mol. The lowest BCUT2D eigenvalue weighted by molar-refractivity contribution is 0.102. The summed E-state index contributed by atoms with van der Waals surface area (Å²) in [5, 5.41) is 9.91. The van der Waals surface area contributed by atoms with Crippen molar-refractivity contribution in [3.05, 3.63) is 114 Å². The molecule has 1 amide bonds. The Hall–Kier alpha value is -4.18. The van der Waals surface area contributed by atoms with E-state index in [0.717, 1.165) is 39.0 Å². The van der Waals surface area contributed by atoms with Crippen molar-refractivity contribution in [2.45, 2.75) is 6.92 Å². The van der Waals surface area contributed by atoms with Gasteiger partial charge in [-0.05, 0) is 53.6 Å². The molecule has 0 spiro atoms. The third-order valence-electron chi connectivity index (χ3n) is 5.28. The van der Waals surface area contributed by atoms with Gasteiger partial charge in [-0.25, -0.2) is 4.68 Å². The Kier molecular flexibility index (Phi) is 4.81. The molecule has 1 N–H and O–H groups in total. The molecule has 4 nitrogen and oxygen atoms in total. The maximum atomic E-state index is 13.0. The molecule has 5 aromatic rings. The predicted molar refractivity (Wildman–Crippen MR) is 126 cm³/mol. The Balaban J connectivity index is 1.64. The van der Waals surface area contributed by atoms with Crippen LogP contribution in [0.15, 0.2) is 103 Å². The summed E-state index contributed by atoms with van der Waals surface area (Å²) < 4.78 is 1.84. The van der Waals surface area contributed by atoms with Crippen LogP contribution in [0.1, 0.15) is 16.1 Å². The summed E-state index contributed by atoms with van der Waals surface area (Å²) in [6.07, 6.45) is 0. The van der Waals surface area contributed by atoms with Crippen LogP contribution in [0.5, 0.6) is 0 Å². The summed E-state index contributed by atoms with van der Waals surface area (Å²) in [6, 6.07) is 33.9. The van der Waals surface area contributed by atoms with E-state index in [1.165, 1.54) is 0 Å². The van der Waals surface area contributed by atoms with E-state index in [4.69, 9.17) is 0 Å². The summed E-state index contributed by atoms with van der Waals surface area (Å²) in [5.74, 6) is -0.234. The highest BCUT2D eigenvalue weighted by molar-refractivity contribution is 6.04. The molecule has 0 bridgehead atoms. The van der Waals surface area contributed by atoms with Gasteiger partial charge in [0.15, 0.2) is 5.69 Å². The Morgan fingerprint density at radius 1 is 0.806 bits per heavy atom. The highest BCUT2D eigenvalue weighted by Gasteiger charge is 2.18. The van der Waals surface area contributed by atoms with E-state index in [0.29, 0.717) is 5.69 Å². The van der Waals surface area contributed by atoms with Gasteiger partial charge in [-0.1, -0.05) is 72.8 Å². The zero-order valence-electron chi connectivity index (χ0n) is 17.1. The van der Waals surface area contributed by atoms with E-state index in [1.54, 1.807) is 0 Å². The summed E-state index contributed by atoms with van der Waals surface area (Å²) in [5.41, 5.74) is 5.02. The normalized spacial score (nSPS) is 10.9. The molecule has 4 heteroatoms. The van der Waals surface area contributed by atoms with Crippen molar-refractivity contribution in [2.75, 3.05) is 5.32 Å². The van der Waals surface area contributed by atoms with Gasteiger partial charge in [0.05, 0.1) is 11.4 Å². The minimum atomic E-state index is -0.234. The van der Waals surface area contributed by atoms with Gasteiger partial charge in [-0.2, -0.15) is 5.10 Å². The van der Waals surface area contributed by atoms with Gasteiger partial charge in [0.2, 0.25) is 0 Å². The van der Waals surface area contributed by atoms with Gasteiger partial charge in [-0.3, -0.25) is 4.79 Å². The first kappa shape index (κ1) is 18.8. The topological polar surface area (TPSA) is 46.9 Å². The molecule has 150 valence electrons. The molecule has 0 aliphatic heterocycles. The lowest BCUT2D eigenvalue weighted by Crippen LogP contribution is -2.13. The van der Waals surface area contributed by atoms with Crippen molar-refractivity contribution in [2.24, 2.45) is 0 Å². The number of nitrogens with zero attached hydrogens (tertiary/aromatic N) is 2. The molecule has 0 radical (unpaired) electrons. The number of anilines is 1. The molecule has 1 heterocycles. The zero-order chi connectivity index (χ0) is 21.2. The first-order valence-electron chi connectivity index (χ1n) is 10.2. The van der Waals surface area contributed by atoms with E-state index in [1.807, 2.05) is 90.5 Å². The zero-order valence-corrected chi connectivity index (χ0v) is 17.1. The van der Waals surface area contributed by atoms with Crippen LogP contribution in [0, 0.1) is 6.92 Å². The third kappa shape index (κ3) is 3.71. The molecule has 0 aliphatic carbocycles. The number of rotatable bonds is 4. The molecule has 0 fully saturated rings. The van der Waals surface area contributed by atoms with E-state index in [-0.39, 0.29) is 5.91 Å². The maximum Gasteiger partial charge on any atom is 0.276 e. The molecule has 0 aliphatic rings. The van der Waals surface area contributed by atoms with Crippen molar-refractivity contribution in [1.29, 1.82) is 0 Å². The second-order valence-corrected chi connectivity index (χ2v) is 7.51. The predicted octanol–water partition coefficient (Wildman–Crippen LogP) is 6.25. The Morgan fingerprint density at radius 3 is 2.39 bits per heavy atom. The molecular weight excluding hydrogens is 382 g/mol. The first-order chi connectivity index (χ1) is 15.2. The van der Waals surface area contributed by atoms with Crippen molar-refractivity contribution < 1.29 is 4.79 Å². The van der Waals surface area contributed by atoms with E-state index >= 15 is 0 Å². The SMILES string of the molecule is Cc1cccc(NC(=O)c2cc(-c3cccc4ccccc34)n(-c3ccccc3)n2)c1. The van der Waals surface area contributed by atoms with Gasteiger partial charge >= 0.3 is 0 Å². The number of carbonyl (C=O) groups excluding carboxylic acids is 1. The minimum Gasteiger partial charge on any atom is -0.321 e. The number of benzene rings is 4. The van der Waals surface area contributed by atoms with E-state index in [2.05, 4.69) is 34.7 Å². The standard InChI is InChI=1S/C27H21N3O/c1-19-9-7-12-21(17-19)28-27(31)25-18-26(30(29-25)22-13-3-2-4-14-22)24-16-8-11-20-10-5-6-15-23(20)24/h2-18H,1H3,(H,28,31). The molecule has 1 aromatic heterocycles. The van der Waals surface area contributed by atoms with Crippen molar-refractivity contribution >= 4 is 22.4 Å². The van der Waals surface area contributed by atoms with Gasteiger partial charge in [0.25, 0.3) is 5.91 Å². The van der Waals surface area contributed by atoms with Crippen LogP contribution in [0.4, 0.5) is 5.69 Å². The van der Waals surface area contributed by atoms with Crippen LogP contribution in [0.25, 0.3) is 27.7 Å².